The molecule has 0 radical (unpaired) electrons. The van der Waals surface area contributed by atoms with Crippen molar-refractivity contribution in [1.29, 1.82) is 0 Å². The summed E-state index contributed by atoms with van der Waals surface area (Å²) in [6, 6.07) is 0.512. The van der Waals surface area contributed by atoms with E-state index >= 15 is 0 Å². The van der Waals surface area contributed by atoms with Gasteiger partial charge in [-0.2, -0.15) is 0 Å². The molecule has 1 fully saturated rings. The number of nitrogen functional groups attached to an aromatic ring is 1. The SMILES string of the molecule is CC(C1CCCCC1)n1ccnc1N. The fourth-order valence-electron chi connectivity index (χ4n) is 2.51. The van der Waals surface area contributed by atoms with Crippen LogP contribution in [0.25, 0.3) is 0 Å². The molecule has 1 aromatic heterocycles. The van der Waals surface area contributed by atoms with Gasteiger partial charge < -0.3 is 10.3 Å². The highest BCUT2D eigenvalue weighted by Gasteiger charge is 2.21. The van der Waals surface area contributed by atoms with Crippen LogP contribution in [0, 0.1) is 5.92 Å². The molecule has 1 unspecified atom stereocenters. The first-order chi connectivity index (χ1) is 6.79. The minimum Gasteiger partial charge on any atom is -0.369 e. The van der Waals surface area contributed by atoms with Gasteiger partial charge in [-0.1, -0.05) is 19.3 Å². The molecule has 1 aliphatic carbocycles. The van der Waals surface area contributed by atoms with E-state index in [9.17, 15) is 0 Å². The van der Waals surface area contributed by atoms with E-state index in [0.29, 0.717) is 12.0 Å². The van der Waals surface area contributed by atoms with Crippen LogP contribution in [-0.4, -0.2) is 9.55 Å². The fraction of sp³-hybridized carbons (Fsp3) is 0.727. The van der Waals surface area contributed by atoms with Gasteiger partial charge in [0.25, 0.3) is 0 Å². The first kappa shape index (κ1) is 9.56. The molecule has 0 spiro atoms. The maximum atomic E-state index is 5.80. The molecule has 1 saturated carbocycles. The molecule has 1 heterocycles. The van der Waals surface area contributed by atoms with Crippen LogP contribution in [0.3, 0.4) is 0 Å². The average molecular weight is 193 g/mol. The quantitative estimate of drug-likeness (QED) is 0.784. The normalized spacial score (nSPS) is 20.9. The Labute approximate surface area is 85.3 Å². The number of aromatic nitrogens is 2. The number of nitrogens with zero attached hydrogens (tertiary/aromatic N) is 2. The summed E-state index contributed by atoms with van der Waals surface area (Å²) in [7, 11) is 0. The van der Waals surface area contributed by atoms with Gasteiger partial charge in [-0.15, -0.1) is 0 Å². The summed E-state index contributed by atoms with van der Waals surface area (Å²) in [5.41, 5.74) is 5.80. The third-order valence-corrected chi connectivity index (χ3v) is 3.47. The molecule has 1 aliphatic rings. The van der Waals surface area contributed by atoms with Gasteiger partial charge in [0.05, 0.1) is 0 Å². The molecular weight excluding hydrogens is 174 g/mol. The standard InChI is InChI=1S/C11H19N3/c1-9(10-5-3-2-4-6-10)14-8-7-13-11(14)12/h7-10H,2-6H2,1H3,(H2,12,13). The molecule has 0 saturated heterocycles. The molecule has 0 aromatic carbocycles. The van der Waals surface area contributed by atoms with Crippen LogP contribution in [0.4, 0.5) is 5.95 Å². The van der Waals surface area contributed by atoms with Crippen LogP contribution < -0.4 is 5.73 Å². The zero-order valence-electron chi connectivity index (χ0n) is 8.82. The number of nitrogens with two attached hydrogens (primary N) is 1. The average Bonchev–Trinajstić information content (AvgIpc) is 2.65. The summed E-state index contributed by atoms with van der Waals surface area (Å²) in [4.78, 5) is 4.07. The predicted molar refractivity (Wildman–Crippen MR) is 57.9 cm³/mol. The molecule has 2 N–H and O–H groups in total. The van der Waals surface area contributed by atoms with E-state index in [0.717, 1.165) is 5.92 Å². The molecule has 14 heavy (non-hydrogen) atoms. The lowest BCUT2D eigenvalue weighted by atomic mass is 9.84. The largest absolute Gasteiger partial charge is 0.369 e. The van der Waals surface area contributed by atoms with Crippen LogP contribution in [0.2, 0.25) is 0 Å². The van der Waals surface area contributed by atoms with E-state index in [2.05, 4.69) is 16.5 Å². The van der Waals surface area contributed by atoms with Crippen molar-refractivity contribution >= 4 is 5.95 Å². The monoisotopic (exact) mass is 193 g/mol. The second kappa shape index (κ2) is 4.03. The fourth-order valence-corrected chi connectivity index (χ4v) is 2.51. The van der Waals surface area contributed by atoms with Crippen molar-refractivity contribution in [3.05, 3.63) is 12.4 Å². The maximum Gasteiger partial charge on any atom is 0.200 e. The molecule has 0 amide bonds. The van der Waals surface area contributed by atoms with E-state index in [1.807, 2.05) is 6.20 Å². The molecule has 3 nitrogen and oxygen atoms in total. The summed E-state index contributed by atoms with van der Waals surface area (Å²) in [5.74, 6) is 1.45. The summed E-state index contributed by atoms with van der Waals surface area (Å²) in [6.07, 6.45) is 10.6. The van der Waals surface area contributed by atoms with E-state index in [-0.39, 0.29) is 0 Å². The summed E-state index contributed by atoms with van der Waals surface area (Å²) >= 11 is 0. The summed E-state index contributed by atoms with van der Waals surface area (Å²) in [5, 5.41) is 0. The van der Waals surface area contributed by atoms with Crippen molar-refractivity contribution in [2.24, 2.45) is 5.92 Å². The van der Waals surface area contributed by atoms with Gasteiger partial charge in [0, 0.05) is 18.4 Å². The van der Waals surface area contributed by atoms with E-state index < -0.39 is 0 Å². The first-order valence-electron chi connectivity index (χ1n) is 5.57. The Bertz CT molecular complexity index is 286. The van der Waals surface area contributed by atoms with Gasteiger partial charge >= 0.3 is 0 Å². The number of rotatable bonds is 2. The van der Waals surface area contributed by atoms with Gasteiger partial charge in [0.15, 0.2) is 5.95 Å². The highest BCUT2D eigenvalue weighted by atomic mass is 15.2. The highest BCUT2D eigenvalue weighted by Crippen LogP contribution is 2.33. The summed E-state index contributed by atoms with van der Waals surface area (Å²) in [6.45, 7) is 2.26. The third-order valence-electron chi connectivity index (χ3n) is 3.47. The minimum absolute atomic E-state index is 0.512. The van der Waals surface area contributed by atoms with Crippen molar-refractivity contribution < 1.29 is 0 Å². The number of hydrogen-bond acceptors (Lipinski definition) is 2. The van der Waals surface area contributed by atoms with Crippen molar-refractivity contribution in [3.63, 3.8) is 0 Å². The lowest BCUT2D eigenvalue weighted by Gasteiger charge is -2.28. The predicted octanol–water partition coefficient (Wildman–Crippen LogP) is 2.61. The minimum atomic E-state index is 0.512. The topological polar surface area (TPSA) is 43.8 Å². The Kier molecular flexibility index (Phi) is 2.75. The lowest BCUT2D eigenvalue weighted by Crippen LogP contribution is -2.20. The lowest BCUT2D eigenvalue weighted by molar-refractivity contribution is 0.266. The van der Waals surface area contributed by atoms with Crippen LogP contribution >= 0.6 is 0 Å². The maximum absolute atomic E-state index is 5.80. The van der Waals surface area contributed by atoms with E-state index in [1.165, 1.54) is 32.1 Å². The second-order valence-corrected chi connectivity index (χ2v) is 4.33. The third kappa shape index (κ3) is 1.76. The zero-order chi connectivity index (χ0) is 9.97. The van der Waals surface area contributed by atoms with E-state index in [4.69, 9.17) is 5.73 Å². The van der Waals surface area contributed by atoms with Gasteiger partial charge in [-0.3, -0.25) is 0 Å². The zero-order valence-corrected chi connectivity index (χ0v) is 8.82. The van der Waals surface area contributed by atoms with Crippen LogP contribution in [0.1, 0.15) is 45.1 Å². The van der Waals surface area contributed by atoms with Crippen molar-refractivity contribution in [2.45, 2.75) is 45.1 Å². The molecular formula is C11H19N3. The molecule has 1 atom stereocenters. The highest BCUT2D eigenvalue weighted by molar-refractivity contribution is 5.18. The molecule has 2 rings (SSSR count). The molecule has 1 aromatic rings. The summed E-state index contributed by atoms with van der Waals surface area (Å²) < 4.78 is 2.11. The molecule has 3 heteroatoms. The Morgan fingerprint density at radius 1 is 1.43 bits per heavy atom. The van der Waals surface area contributed by atoms with Crippen molar-refractivity contribution in [3.8, 4) is 0 Å². The molecule has 0 bridgehead atoms. The van der Waals surface area contributed by atoms with Gasteiger partial charge in [0.2, 0.25) is 0 Å². The number of imidazole rings is 1. The van der Waals surface area contributed by atoms with Gasteiger partial charge in [0.1, 0.15) is 0 Å². The Balaban J connectivity index is 2.07. The Morgan fingerprint density at radius 2 is 2.14 bits per heavy atom. The Hall–Kier alpha value is -0.990. The first-order valence-corrected chi connectivity index (χ1v) is 5.57. The van der Waals surface area contributed by atoms with Crippen molar-refractivity contribution in [1.82, 2.24) is 9.55 Å². The van der Waals surface area contributed by atoms with Gasteiger partial charge in [-0.05, 0) is 25.7 Å². The second-order valence-electron chi connectivity index (χ2n) is 4.33. The molecule has 78 valence electrons. The van der Waals surface area contributed by atoms with Gasteiger partial charge in [-0.25, -0.2) is 4.98 Å². The van der Waals surface area contributed by atoms with Crippen LogP contribution in [0.5, 0.6) is 0 Å². The van der Waals surface area contributed by atoms with E-state index in [1.54, 1.807) is 6.20 Å². The molecule has 0 aliphatic heterocycles. The smallest absolute Gasteiger partial charge is 0.200 e. The number of hydrogen-bond donors (Lipinski definition) is 1. The number of anilines is 1. The Morgan fingerprint density at radius 3 is 2.71 bits per heavy atom. The van der Waals surface area contributed by atoms with Crippen molar-refractivity contribution in [2.75, 3.05) is 5.73 Å². The van der Waals surface area contributed by atoms with Crippen LogP contribution in [0.15, 0.2) is 12.4 Å². The van der Waals surface area contributed by atoms with Crippen LogP contribution in [-0.2, 0) is 0 Å².